The monoisotopic (exact) mass is 356 g/mol. The van der Waals surface area contributed by atoms with E-state index in [1.165, 1.54) is 19.3 Å². The molecule has 0 aliphatic heterocycles. The fourth-order valence-electron chi connectivity index (χ4n) is 3.04. The molecule has 21 heavy (non-hydrogen) atoms. The van der Waals surface area contributed by atoms with Crippen LogP contribution in [-0.2, 0) is 6.61 Å². The van der Waals surface area contributed by atoms with Crippen molar-refractivity contribution >= 4 is 15.9 Å². The van der Waals surface area contributed by atoms with Crippen LogP contribution in [0.4, 0.5) is 0 Å². The second-order valence-corrected chi connectivity index (χ2v) is 6.46. The molecule has 1 aromatic carbocycles. The highest BCUT2D eigenvalue weighted by atomic mass is 79.9. The molecule has 0 heterocycles. The van der Waals surface area contributed by atoms with Crippen LogP contribution in [-0.4, -0.2) is 17.8 Å². The van der Waals surface area contributed by atoms with Gasteiger partial charge in [0.05, 0.1) is 17.7 Å². The lowest BCUT2D eigenvalue weighted by Crippen LogP contribution is -2.30. The van der Waals surface area contributed by atoms with E-state index in [-0.39, 0.29) is 12.7 Å². The van der Waals surface area contributed by atoms with Crippen molar-refractivity contribution in [1.29, 1.82) is 0 Å². The Labute approximate surface area is 135 Å². The fraction of sp³-hybridized carbons (Fsp3) is 0.647. The number of benzene rings is 1. The summed E-state index contributed by atoms with van der Waals surface area (Å²) in [5.41, 5.74) is 0.827. The van der Waals surface area contributed by atoms with Crippen molar-refractivity contribution in [2.75, 3.05) is 6.61 Å². The molecule has 0 radical (unpaired) electrons. The SMILES string of the molecule is CCOc1cc(CO)cc(Br)c1OC1CCCCC1CC. The molecule has 0 aromatic heterocycles. The van der Waals surface area contributed by atoms with Crippen LogP contribution in [0.15, 0.2) is 16.6 Å². The summed E-state index contributed by atoms with van der Waals surface area (Å²) in [6.45, 7) is 4.78. The molecule has 4 heteroatoms. The van der Waals surface area contributed by atoms with Crippen LogP contribution in [0.2, 0.25) is 0 Å². The zero-order chi connectivity index (χ0) is 15.2. The number of rotatable bonds is 6. The second-order valence-electron chi connectivity index (χ2n) is 5.61. The van der Waals surface area contributed by atoms with Crippen LogP contribution in [0.1, 0.15) is 51.5 Å². The average Bonchev–Trinajstić information content (AvgIpc) is 2.51. The normalized spacial score (nSPS) is 22.1. The predicted molar refractivity (Wildman–Crippen MR) is 87.9 cm³/mol. The van der Waals surface area contributed by atoms with Crippen molar-refractivity contribution in [3.63, 3.8) is 0 Å². The van der Waals surface area contributed by atoms with Gasteiger partial charge in [0.2, 0.25) is 0 Å². The van der Waals surface area contributed by atoms with E-state index in [1.807, 2.05) is 19.1 Å². The minimum absolute atomic E-state index is 0.0000319. The summed E-state index contributed by atoms with van der Waals surface area (Å²) in [6, 6.07) is 3.77. The van der Waals surface area contributed by atoms with Gasteiger partial charge in [-0.05, 0) is 72.2 Å². The Morgan fingerprint density at radius 1 is 1.24 bits per heavy atom. The van der Waals surface area contributed by atoms with Crippen molar-refractivity contribution in [1.82, 2.24) is 0 Å². The highest BCUT2D eigenvalue weighted by Crippen LogP contribution is 2.40. The Bertz CT molecular complexity index is 462. The third-order valence-electron chi connectivity index (χ3n) is 4.18. The molecule has 1 saturated carbocycles. The van der Waals surface area contributed by atoms with Crippen molar-refractivity contribution < 1.29 is 14.6 Å². The van der Waals surface area contributed by atoms with Gasteiger partial charge in [-0.2, -0.15) is 0 Å². The standard InChI is InChI=1S/C17H25BrO3/c1-3-13-7-5-6-8-15(13)21-17-14(18)9-12(11-19)10-16(17)20-4-2/h9-10,13,15,19H,3-8,11H2,1-2H3. The first-order chi connectivity index (χ1) is 10.2. The molecule has 0 bridgehead atoms. The van der Waals surface area contributed by atoms with Crippen LogP contribution in [0.25, 0.3) is 0 Å². The van der Waals surface area contributed by atoms with Gasteiger partial charge in [0.1, 0.15) is 6.10 Å². The number of halogens is 1. The Kier molecular flexibility index (Phi) is 6.37. The maximum atomic E-state index is 9.33. The lowest BCUT2D eigenvalue weighted by Gasteiger charge is -2.32. The summed E-state index contributed by atoms with van der Waals surface area (Å²) >= 11 is 3.56. The van der Waals surface area contributed by atoms with Gasteiger partial charge < -0.3 is 14.6 Å². The number of aliphatic hydroxyl groups excluding tert-OH is 1. The Hall–Kier alpha value is -0.740. The lowest BCUT2D eigenvalue weighted by molar-refractivity contribution is 0.0856. The fourth-order valence-corrected chi connectivity index (χ4v) is 3.62. The van der Waals surface area contributed by atoms with E-state index in [4.69, 9.17) is 9.47 Å². The van der Waals surface area contributed by atoms with E-state index in [9.17, 15) is 5.11 Å². The molecule has 3 nitrogen and oxygen atoms in total. The van der Waals surface area contributed by atoms with Crippen molar-refractivity contribution in [2.45, 2.75) is 58.7 Å². The topological polar surface area (TPSA) is 38.7 Å². The average molecular weight is 357 g/mol. The smallest absolute Gasteiger partial charge is 0.175 e. The van der Waals surface area contributed by atoms with Gasteiger partial charge in [-0.25, -0.2) is 0 Å². The zero-order valence-corrected chi connectivity index (χ0v) is 14.5. The molecule has 2 unspecified atom stereocenters. The van der Waals surface area contributed by atoms with Crippen molar-refractivity contribution in [2.24, 2.45) is 5.92 Å². The summed E-state index contributed by atoms with van der Waals surface area (Å²) in [7, 11) is 0. The summed E-state index contributed by atoms with van der Waals surface area (Å²) in [6.07, 6.45) is 6.31. The molecular formula is C17H25BrO3. The first-order valence-electron chi connectivity index (χ1n) is 7.92. The molecule has 1 aliphatic carbocycles. The van der Waals surface area contributed by atoms with Crippen LogP contribution in [0.3, 0.4) is 0 Å². The van der Waals surface area contributed by atoms with Crippen LogP contribution < -0.4 is 9.47 Å². The molecule has 2 rings (SSSR count). The van der Waals surface area contributed by atoms with Gasteiger partial charge in [0, 0.05) is 0 Å². The quantitative estimate of drug-likeness (QED) is 0.803. The summed E-state index contributed by atoms with van der Waals surface area (Å²) in [5, 5.41) is 9.33. The largest absolute Gasteiger partial charge is 0.490 e. The van der Waals surface area contributed by atoms with Crippen LogP contribution >= 0.6 is 15.9 Å². The van der Waals surface area contributed by atoms with E-state index in [0.717, 1.165) is 34.4 Å². The number of hydrogen-bond acceptors (Lipinski definition) is 3. The molecule has 0 spiro atoms. The molecular weight excluding hydrogens is 332 g/mol. The van der Waals surface area contributed by atoms with Crippen molar-refractivity contribution in [3.05, 3.63) is 22.2 Å². The number of hydrogen-bond donors (Lipinski definition) is 1. The van der Waals surface area contributed by atoms with Gasteiger partial charge in [-0.1, -0.05) is 13.3 Å². The number of aliphatic hydroxyl groups is 1. The third-order valence-corrected chi connectivity index (χ3v) is 4.77. The molecule has 1 aromatic rings. The minimum atomic E-state index is -0.0000319. The maximum Gasteiger partial charge on any atom is 0.175 e. The zero-order valence-electron chi connectivity index (χ0n) is 12.9. The predicted octanol–water partition coefficient (Wildman–Crippen LogP) is 4.69. The first kappa shape index (κ1) is 16.6. The highest BCUT2D eigenvalue weighted by molar-refractivity contribution is 9.10. The molecule has 2 atom stereocenters. The summed E-state index contributed by atoms with van der Waals surface area (Å²) < 4.78 is 12.9. The van der Waals surface area contributed by atoms with Gasteiger partial charge in [0.15, 0.2) is 11.5 Å². The van der Waals surface area contributed by atoms with Gasteiger partial charge in [-0.15, -0.1) is 0 Å². The van der Waals surface area contributed by atoms with E-state index in [1.54, 1.807) is 0 Å². The van der Waals surface area contributed by atoms with E-state index in [2.05, 4.69) is 22.9 Å². The molecule has 0 amide bonds. The van der Waals surface area contributed by atoms with Crippen LogP contribution in [0.5, 0.6) is 11.5 Å². The lowest BCUT2D eigenvalue weighted by atomic mass is 9.85. The van der Waals surface area contributed by atoms with Gasteiger partial charge in [0.25, 0.3) is 0 Å². The van der Waals surface area contributed by atoms with Crippen molar-refractivity contribution in [3.8, 4) is 11.5 Å². The Morgan fingerprint density at radius 3 is 2.67 bits per heavy atom. The Morgan fingerprint density at radius 2 is 2.00 bits per heavy atom. The van der Waals surface area contributed by atoms with Gasteiger partial charge in [-0.3, -0.25) is 0 Å². The third kappa shape index (κ3) is 4.13. The first-order valence-corrected chi connectivity index (χ1v) is 8.71. The highest BCUT2D eigenvalue weighted by Gasteiger charge is 2.27. The summed E-state index contributed by atoms with van der Waals surface area (Å²) in [5.74, 6) is 2.12. The minimum Gasteiger partial charge on any atom is -0.490 e. The van der Waals surface area contributed by atoms with E-state index >= 15 is 0 Å². The summed E-state index contributed by atoms with van der Waals surface area (Å²) in [4.78, 5) is 0. The molecule has 0 saturated heterocycles. The van der Waals surface area contributed by atoms with Gasteiger partial charge >= 0.3 is 0 Å². The molecule has 1 N–H and O–H groups in total. The van der Waals surface area contributed by atoms with Crippen LogP contribution in [0, 0.1) is 5.92 Å². The molecule has 1 fully saturated rings. The maximum absolute atomic E-state index is 9.33. The molecule has 1 aliphatic rings. The second kappa shape index (κ2) is 8.04. The van der Waals surface area contributed by atoms with E-state index < -0.39 is 0 Å². The number of ether oxygens (including phenoxy) is 2. The molecule has 118 valence electrons. The Balaban J connectivity index is 2.24. The van der Waals surface area contributed by atoms with E-state index in [0.29, 0.717) is 12.5 Å².